The third kappa shape index (κ3) is 6.08. The average Bonchev–Trinajstić information content (AvgIpc) is 3.16. The molecule has 0 unspecified atom stereocenters. The Balaban J connectivity index is 1.49. The van der Waals surface area contributed by atoms with Crippen molar-refractivity contribution in [1.29, 1.82) is 0 Å². The van der Waals surface area contributed by atoms with Gasteiger partial charge in [0, 0.05) is 29.1 Å². The van der Waals surface area contributed by atoms with E-state index in [1.807, 2.05) is 48.0 Å². The lowest BCUT2D eigenvalue weighted by molar-refractivity contribution is -0.113. The van der Waals surface area contributed by atoms with Gasteiger partial charge in [0.05, 0.1) is 18.1 Å². The number of ether oxygens (including phenoxy) is 1. The minimum absolute atomic E-state index is 0.0481. The van der Waals surface area contributed by atoms with Crippen molar-refractivity contribution in [2.45, 2.75) is 19.1 Å². The first kappa shape index (κ1) is 19.4. The quantitative estimate of drug-likeness (QED) is 0.556. The van der Waals surface area contributed by atoms with Crippen molar-refractivity contribution in [2.75, 3.05) is 17.7 Å². The minimum Gasteiger partial charge on any atom is -0.494 e. The van der Waals surface area contributed by atoms with Gasteiger partial charge in [-0.1, -0.05) is 13.0 Å². The van der Waals surface area contributed by atoms with Gasteiger partial charge in [-0.2, -0.15) is 0 Å². The van der Waals surface area contributed by atoms with Crippen LogP contribution in [0.25, 0.3) is 11.3 Å². The van der Waals surface area contributed by atoms with E-state index in [0.29, 0.717) is 17.5 Å². The first-order chi connectivity index (χ1) is 13.2. The van der Waals surface area contributed by atoms with Gasteiger partial charge in [0.15, 0.2) is 5.13 Å². The van der Waals surface area contributed by atoms with Crippen molar-refractivity contribution in [3.63, 3.8) is 0 Å². The third-order valence-electron chi connectivity index (χ3n) is 3.60. The number of benzene rings is 1. The van der Waals surface area contributed by atoms with Crippen molar-refractivity contribution in [1.82, 2.24) is 9.97 Å². The van der Waals surface area contributed by atoms with Crippen LogP contribution in [0.1, 0.15) is 18.9 Å². The largest absolute Gasteiger partial charge is 0.494 e. The second kappa shape index (κ2) is 10.1. The molecule has 3 rings (SSSR count). The summed E-state index contributed by atoms with van der Waals surface area (Å²) < 4.78 is 5.59. The van der Waals surface area contributed by atoms with Crippen LogP contribution in [0.4, 0.5) is 5.13 Å². The Labute approximate surface area is 167 Å². The summed E-state index contributed by atoms with van der Waals surface area (Å²) in [6.07, 6.45) is 4.54. The first-order valence-electron chi connectivity index (χ1n) is 8.70. The van der Waals surface area contributed by atoms with Gasteiger partial charge in [0.1, 0.15) is 5.75 Å². The summed E-state index contributed by atoms with van der Waals surface area (Å²) in [5.74, 6) is 1.95. The summed E-state index contributed by atoms with van der Waals surface area (Å²) in [5.41, 5.74) is 2.96. The molecule has 0 bridgehead atoms. The van der Waals surface area contributed by atoms with Gasteiger partial charge in [0.25, 0.3) is 0 Å². The Hall–Kier alpha value is -2.38. The van der Waals surface area contributed by atoms with Crippen LogP contribution >= 0.6 is 23.1 Å². The fraction of sp³-hybridized carbons (Fsp3) is 0.250. The Kier molecular flexibility index (Phi) is 7.24. The lowest BCUT2D eigenvalue weighted by Crippen LogP contribution is -2.13. The second-order valence-electron chi connectivity index (χ2n) is 5.81. The van der Waals surface area contributed by atoms with Crippen LogP contribution in [-0.2, 0) is 10.5 Å². The summed E-state index contributed by atoms with van der Waals surface area (Å²) in [7, 11) is 0. The van der Waals surface area contributed by atoms with Crippen molar-refractivity contribution in [2.24, 2.45) is 0 Å². The number of nitrogens with one attached hydrogen (secondary N) is 1. The van der Waals surface area contributed by atoms with Crippen LogP contribution in [0.15, 0.2) is 54.2 Å². The van der Waals surface area contributed by atoms with Crippen molar-refractivity contribution in [3.8, 4) is 17.0 Å². The van der Waals surface area contributed by atoms with E-state index in [2.05, 4.69) is 22.2 Å². The Morgan fingerprint density at radius 2 is 2.11 bits per heavy atom. The highest BCUT2D eigenvalue weighted by molar-refractivity contribution is 7.99. The molecule has 1 aromatic carbocycles. The van der Waals surface area contributed by atoms with Gasteiger partial charge in [0.2, 0.25) is 5.91 Å². The molecule has 0 fully saturated rings. The monoisotopic (exact) mass is 399 g/mol. The molecule has 5 nitrogen and oxygen atoms in total. The third-order valence-corrected chi connectivity index (χ3v) is 5.36. The summed E-state index contributed by atoms with van der Waals surface area (Å²) in [5, 5.41) is 5.42. The molecule has 2 heterocycles. The molecule has 0 radical (unpaired) electrons. The lowest BCUT2D eigenvalue weighted by atomic mass is 10.2. The fourth-order valence-electron chi connectivity index (χ4n) is 2.31. The predicted molar refractivity (Wildman–Crippen MR) is 112 cm³/mol. The smallest absolute Gasteiger partial charge is 0.236 e. The van der Waals surface area contributed by atoms with E-state index in [4.69, 9.17) is 4.74 Å². The molecule has 0 atom stereocenters. The Morgan fingerprint density at radius 3 is 2.85 bits per heavy atom. The molecule has 0 saturated heterocycles. The number of hydrogen-bond acceptors (Lipinski definition) is 6. The zero-order chi connectivity index (χ0) is 18.9. The van der Waals surface area contributed by atoms with E-state index in [-0.39, 0.29) is 5.91 Å². The van der Waals surface area contributed by atoms with Crippen LogP contribution in [0.2, 0.25) is 0 Å². The topological polar surface area (TPSA) is 64.1 Å². The summed E-state index contributed by atoms with van der Waals surface area (Å²) >= 11 is 2.98. The molecule has 0 aliphatic heterocycles. The predicted octanol–water partition coefficient (Wildman–Crippen LogP) is 4.87. The van der Waals surface area contributed by atoms with Crippen LogP contribution in [-0.4, -0.2) is 28.2 Å². The summed E-state index contributed by atoms with van der Waals surface area (Å²) in [6, 6.07) is 11.7. The van der Waals surface area contributed by atoms with Crippen LogP contribution < -0.4 is 10.1 Å². The molecular weight excluding hydrogens is 378 g/mol. The number of anilines is 1. The number of hydrogen-bond donors (Lipinski definition) is 1. The Bertz CT molecular complexity index is 851. The number of rotatable bonds is 9. The van der Waals surface area contributed by atoms with Gasteiger partial charge < -0.3 is 10.1 Å². The van der Waals surface area contributed by atoms with Gasteiger partial charge in [-0.25, -0.2) is 4.98 Å². The molecule has 140 valence electrons. The molecule has 0 aliphatic rings. The molecule has 2 aromatic heterocycles. The number of carbonyl (C=O) groups excluding carboxylic acids is 1. The van der Waals surface area contributed by atoms with Crippen LogP contribution in [0, 0.1) is 0 Å². The number of thioether (sulfide) groups is 1. The Morgan fingerprint density at radius 1 is 1.26 bits per heavy atom. The maximum Gasteiger partial charge on any atom is 0.236 e. The molecule has 0 spiro atoms. The average molecular weight is 400 g/mol. The van der Waals surface area contributed by atoms with E-state index in [1.165, 1.54) is 11.3 Å². The number of aromatic nitrogens is 2. The highest BCUT2D eigenvalue weighted by atomic mass is 32.2. The van der Waals surface area contributed by atoms with Gasteiger partial charge in [-0.15, -0.1) is 23.1 Å². The lowest BCUT2D eigenvalue weighted by Gasteiger charge is -2.04. The highest BCUT2D eigenvalue weighted by Gasteiger charge is 2.09. The number of carbonyl (C=O) groups is 1. The number of amides is 1. The van der Waals surface area contributed by atoms with E-state index in [1.54, 1.807) is 18.0 Å². The van der Waals surface area contributed by atoms with Crippen LogP contribution in [0.5, 0.6) is 5.75 Å². The number of nitrogens with zero attached hydrogens (tertiary/aromatic N) is 2. The van der Waals surface area contributed by atoms with E-state index >= 15 is 0 Å². The SMILES string of the molecule is CCCOc1ccc(-c2csc(NC(=O)CSCc3cccnc3)n2)cc1. The van der Waals surface area contributed by atoms with E-state index < -0.39 is 0 Å². The zero-order valence-electron chi connectivity index (χ0n) is 15.1. The van der Waals surface area contributed by atoms with Crippen LogP contribution in [0.3, 0.4) is 0 Å². The maximum atomic E-state index is 12.1. The molecule has 3 aromatic rings. The summed E-state index contributed by atoms with van der Waals surface area (Å²) in [4.78, 5) is 20.7. The van der Waals surface area contributed by atoms with E-state index in [9.17, 15) is 4.79 Å². The molecule has 1 amide bonds. The van der Waals surface area contributed by atoms with Crippen molar-refractivity contribution in [3.05, 3.63) is 59.7 Å². The molecule has 7 heteroatoms. The zero-order valence-corrected chi connectivity index (χ0v) is 16.7. The van der Waals surface area contributed by atoms with Crippen molar-refractivity contribution < 1.29 is 9.53 Å². The first-order valence-corrected chi connectivity index (χ1v) is 10.7. The van der Waals surface area contributed by atoms with Gasteiger partial charge in [-0.05, 0) is 42.3 Å². The normalized spacial score (nSPS) is 10.6. The molecular formula is C20H21N3O2S2. The molecule has 1 N–H and O–H groups in total. The fourth-order valence-corrected chi connectivity index (χ4v) is 3.81. The number of thiazole rings is 1. The highest BCUT2D eigenvalue weighted by Crippen LogP contribution is 2.26. The van der Waals surface area contributed by atoms with Gasteiger partial charge in [-0.3, -0.25) is 9.78 Å². The second-order valence-corrected chi connectivity index (χ2v) is 7.66. The molecule has 0 aliphatic carbocycles. The van der Waals surface area contributed by atoms with Crippen molar-refractivity contribution >= 4 is 34.1 Å². The molecule has 27 heavy (non-hydrogen) atoms. The standard InChI is InChI=1S/C20H21N3O2S2/c1-2-10-25-17-7-5-16(6-8-17)18-13-27-20(22-18)23-19(24)14-26-12-15-4-3-9-21-11-15/h3-9,11,13H,2,10,12,14H2,1H3,(H,22,23,24). The van der Waals surface area contributed by atoms with Gasteiger partial charge >= 0.3 is 0 Å². The van der Waals surface area contributed by atoms with E-state index in [0.717, 1.165) is 34.7 Å². The molecule has 0 saturated carbocycles. The number of pyridine rings is 1. The minimum atomic E-state index is -0.0481. The summed E-state index contributed by atoms with van der Waals surface area (Å²) in [6.45, 7) is 2.79. The maximum absolute atomic E-state index is 12.1.